The van der Waals surface area contributed by atoms with Crippen molar-refractivity contribution in [3.8, 4) is 11.8 Å². The molecule has 0 unspecified atom stereocenters. The van der Waals surface area contributed by atoms with Crippen LogP contribution in [0.4, 0.5) is 11.4 Å². The second kappa shape index (κ2) is 11.5. The molecule has 0 aromatic heterocycles. The molecule has 0 spiro atoms. The molecule has 0 radical (unpaired) electrons. The number of nitrogens with one attached hydrogen (secondary N) is 2. The van der Waals surface area contributed by atoms with Crippen molar-refractivity contribution in [2.45, 2.75) is 27.7 Å². The minimum atomic E-state index is -0.530. The van der Waals surface area contributed by atoms with E-state index in [0.717, 1.165) is 32.4 Å². The summed E-state index contributed by atoms with van der Waals surface area (Å²) in [7, 11) is 0. The van der Waals surface area contributed by atoms with Crippen LogP contribution >= 0.6 is 15.9 Å². The SMILES string of the molecule is Cc1ccc(NC(=O)COc2ccc(Br)cc2/C=C(\C#N)C(=O)Nc2ccc(C)cc2C)c(C)c1. The first-order valence-corrected chi connectivity index (χ1v) is 11.8. The van der Waals surface area contributed by atoms with E-state index in [0.29, 0.717) is 17.0 Å². The van der Waals surface area contributed by atoms with Crippen molar-refractivity contribution >= 4 is 45.2 Å². The Morgan fingerprint density at radius 2 is 1.51 bits per heavy atom. The van der Waals surface area contributed by atoms with Gasteiger partial charge >= 0.3 is 0 Å². The standard InChI is InChI=1S/C28H26BrN3O3/c1-17-5-8-24(19(3)11-17)31-27(33)16-35-26-10-7-23(29)14-21(26)13-22(15-30)28(34)32-25-9-6-18(2)12-20(25)4/h5-14H,16H2,1-4H3,(H,31,33)(H,32,34)/b22-13+. The Morgan fingerprint density at radius 3 is 2.09 bits per heavy atom. The van der Waals surface area contributed by atoms with Crippen LogP contribution in [0.15, 0.2) is 64.6 Å². The number of carbonyl (C=O) groups excluding carboxylic acids is 2. The zero-order chi connectivity index (χ0) is 25.5. The zero-order valence-electron chi connectivity index (χ0n) is 20.0. The number of hydrogen-bond donors (Lipinski definition) is 2. The number of nitriles is 1. The largest absolute Gasteiger partial charge is 0.483 e. The molecule has 2 N–H and O–H groups in total. The molecule has 0 heterocycles. The molecule has 0 saturated carbocycles. The highest BCUT2D eigenvalue weighted by molar-refractivity contribution is 9.10. The average molecular weight is 532 g/mol. The fourth-order valence-electron chi connectivity index (χ4n) is 3.49. The monoisotopic (exact) mass is 531 g/mol. The minimum absolute atomic E-state index is 0.0901. The van der Waals surface area contributed by atoms with E-state index in [1.54, 1.807) is 24.3 Å². The lowest BCUT2D eigenvalue weighted by atomic mass is 10.1. The fraction of sp³-hybridized carbons (Fsp3) is 0.179. The molecule has 0 aliphatic rings. The van der Waals surface area contributed by atoms with Gasteiger partial charge < -0.3 is 15.4 Å². The summed E-state index contributed by atoms with van der Waals surface area (Å²) >= 11 is 3.41. The maximum absolute atomic E-state index is 12.8. The van der Waals surface area contributed by atoms with Gasteiger partial charge in [0, 0.05) is 21.4 Å². The number of rotatable bonds is 7. The first kappa shape index (κ1) is 25.7. The molecule has 0 aliphatic carbocycles. The molecule has 35 heavy (non-hydrogen) atoms. The average Bonchev–Trinajstić information content (AvgIpc) is 2.80. The van der Waals surface area contributed by atoms with Gasteiger partial charge in [0.05, 0.1) is 0 Å². The van der Waals surface area contributed by atoms with Crippen LogP contribution in [-0.4, -0.2) is 18.4 Å². The van der Waals surface area contributed by atoms with E-state index < -0.39 is 5.91 Å². The van der Waals surface area contributed by atoms with Gasteiger partial charge in [0.15, 0.2) is 6.61 Å². The number of hydrogen-bond acceptors (Lipinski definition) is 4. The molecule has 178 valence electrons. The molecular formula is C28H26BrN3O3. The third-order valence-electron chi connectivity index (χ3n) is 5.28. The second-order valence-corrected chi connectivity index (χ2v) is 9.20. The van der Waals surface area contributed by atoms with E-state index in [1.807, 2.05) is 64.1 Å². The van der Waals surface area contributed by atoms with Gasteiger partial charge in [0.25, 0.3) is 11.8 Å². The number of benzene rings is 3. The normalized spacial score (nSPS) is 10.9. The van der Waals surface area contributed by atoms with Gasteiger partial charge in [-0.1, -0.05) is 51.3 Å². The topological polar surface area (TPSA) is 91.2 Å². The number of halogens is 1. The van der Waals surface area contributed by atoms with Gasteiger partial charge in [-0.2, -0.15) is 5.26 Å². The van der Waals surface area contributed by atoms with Crippen LogP contribution < -0.4 is 15.4 Å². The number of aryl methyl sites for hydroxylation is 4. The summed E-state index contributed by atoms with van der Waals surface area (Å²) in [5.41, 5.74) is 5.80. The lowest BCUT2D eigenvalue weighted by Gasteiger charge is -2.12. The molecule has 0 fully saturated rings. The van der Waals surface area contributed by atoms with Crippen molar-refractivity contribution in [2.24, 2.45) is 0 Å². The molecule has 0 saturated heterocycles. The summed E-state index contributed by atoms with van der Waals surface area (Å²) in [6.45, 7) is 7.54. The van der Waals surface area contributed by atoms with E-state index in [9.17, 15) is 14.9 Å². The van der Waals surface area contributed by atoms with E-state index in [4.69, 9.17) is 4.74 Å². The van der Waals surface area contributed by atoms with Gasteiger partial charge in [-0.05, 0) is 75.2 Å². The molecule has 2 amide bonds. The number of carbonyl (C=O) groups is 2. The van der Waals surface area contributed by atoms with Crippen LogP contribution in [0.3, 0.4) is 0 Å². The molecule has 6 nitrogen and oxygen atoms in total. The summed E-state index contributed by atoms with van der Waals surface area (Å²) < 4.78 is 6.49. The minimum Gasteiger partial charge on any atom is -0.483 e. The highest BCUT2D eigenvalue weighted by Crippen LogP contribution is 2.26. The van der Waals surface area contributed by atoms with Crippen LogP contribution in [0.2, 0.25) is 0 Å². The maximum Gasteiger partial charge on any atom is 0.266 e. The van der Waals surface area contributed by atoms with Gasteiger partial charge in [-0.3, -0.25) is 9.59 Å². The highest BCUT2D eigenvalue weighted by atomic mass is 79.9. The molecule has 0 aliphatic heterocycles. The first-order valence-electron chi connectivity index (χ1n) is 11.0. The van der Waals surface area contributed by atoms with Crippen LogP contribution in [0.25, 0.3) is 6.08 Å². The second-order valence-electron chi connectivity index (χ2n) is 8.28. The van der Waals surface area contributed by atoms with Crippen LogP contribution in [0.5, 0.6) is 5.75 Å². The molecule has 3 aromatic rings. The van der Waals surface area contributed by atoms with Crippen molar-refractivity contribution in [2.75, 3.05) is 17.2 Å². The van der Waals surface area contributed by atoms with E-state index in [-0.39, 0.29) is 18.1 Å². The Labute approximate surface area is 213 Å². The molecule has 0 atom stereocenters. The molecule has 3 rings (SSSR count). The third-order valence-corrected chi connectivity index (χ3v) is 5.77. The number of nitrogens with zero attached hydrogens (tertiary/aromatic N) is 1. The summed E-state index contributed by atoms with van der Waals surface area (Å²) in [6.07, 6.45) is 1.45. The first-order chi connectivity index (χ1) is 16.7. The van der Waals surface area contributed by atoms with E-state index in [1.165, 1.54) is 6.08 Å². The Kier molecular flexibility index (Phi) is 8.45. The van der Waals surface area contributed by atoms with Crippen molar-refractivity contribution < 1.29 is 14.3 Å². The van der Waals surface area contributed by atoms with Crippen LogP contribution in [0, 0.1) is 39.0 Å². The Hall–Kier alpha value is -3.89. The summed E-state index contributed by atoms with van der Waals surface area (Å²) in [6, 6.07) is 18.5. The van der Waals surface area contributed by atoms with Crippen molar-refractivity contribution in [1.29, 1.82) is 5.26 Å². The summed E-state index contributed by atoms with van der Waals surface area (Å²) in [4.78, 5) is 25.3. The molecule has 3 aromatic carbocycles. The Bertz CT molecular complexity index is 1360. The smallest absolute Gasteiger partial charge is 0.266 e. The number of amides is 2. The highest BCUT2D eigenvalue weighted by Gasteiger charge is 2.14. The molecule has 7 heteroatoms. The Morgan fingerprint density at radius 1 is 0.914 bits per heavy atom. The number of anilines is 2. The maximum atomic E-state index is 12.8. The van der Waals surface area contributed by atoms with Gasteiger partial charge in [0.2, 0.25) is 0 Å². The number of ether oxygens (including phenoxy) is 1. The zero-order valence-corrected chi connectivity index (χ0v) is 21.6. The van der Waals surface area contributed by atoms with E-state index in [2.05, 4.69) is 26.6 Å². The van der Waals surface area contributed by atoms with Crippen molar-refractivity contribution in [3.63, 3.8) is 0 Å². The lowest BCUT2D eigenvalue weighted by Crippen LogP contribution is -2.21. The van der Waals surface area contributed by atoms with E-state index >= 15 is 0 Å². The van der Waals surface area contributed by atoms with Gasteiger partial charge in [-0.25, -0.2) is 0 Å². The van der Waals surface area contributed by atoms with Crippen LogP contribution in [-0.2, 0) is 9.59 Å². The lowest BCUT2D eigenvalue weighted by molar-refractivity contribution is -0.118. The summed E-state index contributed by atoms with van der Waals surface area (Å²) in [5, 5.41) is 15.3. The predicted octanol–water partition coefficient (Wildman–Crippen LogP) is 6.25. The molecule has 0 bridgehead atoms. The van der Waals surface area contributed by atoms with Gasteiger partial charge in [0.1, 0.15) is 17.4 Å². The van der Waals surface area contributed by atoms with Crippen molar-refractivity contribution in [3.05, 3.63) is 92.5 Å². The molecular weight excluding hydrogens is 506 g/mol. The Balaban J connectivity index is 1.76. The predicted molar refractivity (Wildman–Crippen MR) is 142 cm³/mol. The van der Waals surface area contributed by atoms with Crippen LogP contribution in [0.1, 0.15) is 27.8 Å². The fourth-order valence-corrected chi connectivity index (χ4v) is 3.87. The van der Waals surface area contributed by atoms with Gasteiger partial charge in [-0.15, -0.1) is 0 Å². The van der Waals surface area contributed by atoms with Crippen molar-refractivity contribution in [1.82, 2.24) is 0 Å². The quantitative estimate of drug-likeness (QED) is 0.278. The third kappa shape index (κ3) is 7.05. The summed E-state index contributed by atoms with van der Waals surface area (Å²) in [5.74, 6) is -0.475.